The Kier molecular flexibility index (Phi) is 5.24. The summed E-state index contributed by atoms with van der Waals surface area (Å²) in [4.78, 5) is 12.3. The van der Waals surface area contributed by atoms with Crippen LogP contribution >= 0.6 is 22.9 Å². The van der Waals surface area contributed by atoms with Gasteiger partial charge in [0.05, 0.1) is 10.7 Å². The predicted octanol–water partition coefficient (Wildman–Crippen LogP) is 3.83. The number of benzene rings is 1. The molecular formula is C16H17ClN2O3S2. The van der Waals surface area contributed by atoms with Gasteiger partial charge in [0, 0.05) is 24.0 Å². The first-order chi connectivity index (χ1) is 11.5. The Morgan fingerprint density at radius 2 is 1.92 bits per heavy atom. The molecule has 1 aromatic carbocycles. The number of anilines is 1. The number of amides is 1. The van der Waals surface area contributed by atoms with Crippen LogP contribution in [0, 0.1) is 0 Å². The van der Waals surface area contributed by atoms with Crippen molar-refractivity contribution in [2.24, 2.45) is 0 Å². The van der Waals surface area contributed by atoms with E-state index in [1.54, 1.807) is 11.4 Å². The van der Waals surface area contributed by atoms with Gasteiger partial charge in [-0.05, 0) is 42.5 Å². The predicted molar refractivity (Wildman–Crippen MR) is 96.3 cm³/mol. The molecule has 1 amide bonds. The topological polar surface area (TPSA) is 66.5 Å². The van der Waals surface area contributed by atoms with E-state index in [9.17, 15) is 13.2 Å². The molecule has 1 saturated heterocycles. The maximum Gasteiger partial charge on any atom is 0.255 e. The van der Waals surface area contributed by atoms with Gasteiger partial charge in [0.15, 0.2) is 0 Å². The number of nitrogens with one attached hydrogen (secondary N) is 1. The highest BCUT2D eigenvalue weighted by molar-refractivity contribution is 7.89. The van der Waals surface area contributed by atoms with Gasteiger partial charge in [-0.1, -0.05) is 18.0 Å². The van der Waals surface area contributed by atoms with Crippen LogP contribution in [0.3, 0.4) is 0 Å². The Morgan fingerprint density at radius 1 is 1.17 bits per heavy atom. The summed E-state index contributed by atoms with van der Waals surface area (Å²) < 4.78 is 27.1. The van der Waals surface area contributed by atoms with E-state index >= 15 is 0 Å². The molecular weight excluding hydrogens is 368 g/mol. The standard InChI is InChI=1S/C16H17ClN2O3S2/c17-14-5-4-12(16(20)18-13-6-9-23-11-13)10-15(14)24(21,22)19-7-2-1-3-8-19/h4-6,9-11H,1-3,7-8H2,(H,18,20). The van der Waals surface area contributed by atoms with Gasteiger partial charge < -0.3 is 5.32 Å². The van der Waals surface area contributed by atoms with Gasteiger partial charge in [0.2, 0.25) is 10.0 Å². The van der Waals surface area contributed by atoms with Crippen molar-refractivity contribution in [1.29, 1.82) is 0 Å². The largest absolute Gasteiger partial charge is 0.321 e. The second-order valence-electron chi connectivity index (χ2n) is 5.58. The minimum atomic E-state index is -3.69. The van der Waals surface area contributed by atoms with Crippen molar-refractivity contribution in [3.05, 3.63) is 45.6 Å². The minimum Gasteiger partial charge on any atom is -0.321 e. The van der Waals surface area contributed by atoms with Crippen LogP contribution < -0.4 is 5.32 Å². The first-order valence-corrected chi connectivity index (χ1v) is 10.4. The third kappa shape index (κ3) is 3.64. The van der Waals surface area contributed by atoms with Crippen LogP contribution in [0.1, 0.15) is 29.6 Å². The number of sulfonamides is 1. The fourth-order valence-corrected chi connectivity index (χ4v) is 5.23. The van der Waals surface area contributed by atoms with Gasteiger partial charge in [0.25, 0.3) is 5.91 Å². The second-order valence-corrected chi connectivity index (χ2v) is 8.67. The minimum absolute atomic E-state index is 0.0102. The molecule has 1 fully saturated rings. The van der Waals surface area contributed by atoms with Crippen molar-refractivity contribution in [2.45, 2.75) is 24.2 Å². The molecule has 0 aliphatic carbocycles. The van der Waals surface area contributed by atoms with Crippen LogP contribution in [-0.4, -0.2) is 31.7 Å². The van der Waals surface area contributed by atoms with E-state index in [0.29, 0.717) is 18.8 Å². The zero-order valence-electron chi connectivity index (χ0n) is 12.9. The number of carbonyl (C=O) groups excluding carboxylic acids is 1. The normalized spacial score (nSPS) is 16.0. The fraction of sp³-hybridized carbons (Fsp3) is 0.312. The molecule has 0 spiro atoms. The molecule has 1 N–H and O–H groups in total. The summed E-state index contributed by atoms with van der Waals surface area (Å²) in [5, 5.41) is 6.52. The number of carbonyl (C=O) groups is 1. The van der Waals surface area contributed by atoms with Gasteiger partial charge in [0.1, 0.15) is 4.90 Å². The lowest BCUT2D eigenvalue weighted by molar-refractivity contribution is 0.102. The van der Waals surface area contributed by atoms with E-state index in [0.717, 1.165) is 19.3 Å². The van der Waals surface area contributed by atoms with E-state index in [4.69, 9.17) is 11.6 Å². The first-order valence-electron chi connectivity index (χ1n) is 7.62. The molecule has 24 heavy (non-hydrogen) atoms. The van der Waals surface area contributed by atoms with Crippen molar-refractivity contribution in [3.8, 4) is 0 Å². The molecule has 1 aliphatic rings. The molecule has 0 radical (unpaired) electrons. The lowest BCUT2D eigenvalue weighted by Gasteiger charge is -2.26. The van der Waals surface area contributed by atoms with Crippen molar-refractivity contribution in [3.63, 3.8) is 0 Å². The molecule has 1 aliphatic heterocycles. The van der Waals surface area contributed by atoms with E-state index in [-0.39, 0.29) is 21.4 Å². The molecule has 1 aromatic heterocycles. The molecule has 0 atom stereocenters. The highest BCUT2D eigenvalue weighted by atomic mass is 35.5. The molecule has 2 aromatic rings. The molecule has 0 unspecified atom stereocenters. The SMILES string of the molecule is O=C(Nc1ccsc1)c1ccc(Cl)c(S(=O)(=O)N2CCCCC2)c1. The van der Waals surface area contributed by atoms with Gasteiger partial charge in [-0.3, -0.25) is 4.79 Å². The number of hydrogen-bond donors (Lipinski definition) is 1. The second kappa shape index (κ2) is 7.23. The van der Waals surface area contributed by atoms with Gasteiger partial charge in [-0.2, -0.15) is 15.6 Å². The highest BCUT2D eigenvalue weighted by Crippen LogP contribution is 2.28. The molecule has 8 heteroatoms. The van der Waals surface area contributed by atoms with Crippen molar-refractivity contribution in [2.75, 3.05) is 18.4 Å². The Hall–Kier alpha value is -1.41. The van der Waals surface area contributed by atoms with Gasteiger partial charge >= 0.3 is 0 Å². The van der Waals surface area contributed by atoms with Crippen LogP contribution in [-0.2, 0) is 10.0 Å². The summed E-state index contributed by atoms with van der Waals surface area (Å²) in [5.41, 5.74) is 0.946. The summed E-state index contributed by atoms with van der Waals surface area (Å²) in [6.07, 6.45) is 2.72. The number of rotatable bonds is 4. The molecule has 3 rings (SSSR count). The first kappa shape index (κ1) is 17.4. The quantitative estimate of drug-likeness (QED) is 0.871. The third-order valence-corrected chi connectivity index (χ3v) is 6.97. The number of hydrogen-bond acceptors (Lipinski definition) is 4. The van der Waals surface area contributed by atoms with Gasteiger partial charge in [-0.15, -0.1) is 0 Å². The maximum absolute atomic E-state index is 12.8. The Labute approximate surface area is 150 Å². The van der Waals surface area contributed by atoms with Crippen LogP contribution in [0.5, 0.6) is 0 Å². The zero-order valence-corrected chi connectivity index (χ0v) is 15.3. The van der Waals surface area contributed by atoms with E-state index in [2.05, 4.69) is 5.32 Å². The van der Waals surface area contributed by atoms with Crippen molar-refractivity contribution < 1.29 is 13.2 Å². The van der Waals surface area contributed by atoms with E-state index in [1.165, 1.54) is 33.8 Å². The zero-order chi connectivity index (χ0) is 17.2. The molecule has 128 valence electrons. The Bertz CT molecular complexity index is 829. The van der Waals surface area contributed by atoms with E-state index in [1.807, 2.05) is 5.38 Å². The number of piperidine rings is 1. The van der Waals surface area contributed by atoms with E-state index < -0.39 is 10.0 Å². The van der Waals surface area contributed by atoms with Crippen LogP contribution in [0.15, 0.2) is 39.9 Å². The van der Waals surface area contributed by atoms with Crippen molar-refractivity contribution in [1.82, 2.24) is 4.31 Å². The summed E-state index contributed by atoms with van der Waals surface area (Å²) in [5.74, 6) is -0.361. The third-order valence-electron chi connectivity index (χ3n) is 3.91. The smallest absolute Gasteiger partial charge is 0.255 e. The average molecular weight is 385 g/mol. The monoisotopic (exact) mass is 384 g/mol. The highest BCUT2D eigenvalue weighted by Gasteiger charge is 2.28. The molecule has 2 heterocycles. The summed E-state index contributed by atoms with van der Waals surface area (Å²) in [7, 11) is -3.69. The van der Waals surface area contributed by atoms with Gasteiger partial charge in [-0.25, -0.2) is 8.42 Å². The lowest BCUT2D eigenvalue weighted by atomic mass is 10.2. The molecule has 5 nitrogen and oxygen atoms in total. The Morgan fingerprint density at radius 3 is 2.58 bits per heavy atom. The van der Waals surface area contributed by atoms with Crippen molar-refractivity contribution >= 4 is 44.6 Å². The molecule has 0 saturated carbocycles. The van der Waals surface area contributed by atoms with Crippen LogP contribution in [0.2, 0.25) is 5.02 Å². The summed E-state index contributed by atoms with van der Waals surface area (Å²) in [6.45, 7) is 0.980. The molecule has 0 bridgehead atoms. The van der Waals surface area contributed by atoms with Crippen LogP contribution in [0.4, 0.5) is 5.69 Å². The van der Waals surface area contributed by atoms with Crippen LogP contribution in [0.25, 0.3) is 0 Å². The fourth-order valence-electron chi connectivity index (χ4n) is 2.63. The number of thiophene rings is 1. The maximum atomic E-state index is 12.8. The Balaban J connectivity index is 1.89. The number of nitrogens with zero attached hydrogens (tertiary/aromatic N) is 1. The summed E-state index contributed by atoms with van der Waals surface area (Å²) in [6, 6.07) is 6.12. The number of halogens is 1. The summed E-state index contributed by atoms with van der Waals surface area (Å²) >= 11 is 7.58. The lowest BCUT2D eigenvalue weighted by Crippen LogP contribution is -2.35. The average Bonchev–Trinajstić information content (AvgIpc) is 3.09.